The smallest absolute Gasteiger partial charge is 0.0733 e. The first kappa shape index (κ1) is 10.6. The Bertz CT molecular complexity index is 500. The Labute approximate surface area is 96.5 Å². The van der Waals surface area contributed by atoms with Gasteiger partial charge < -0.3 is 0 Å². The minimum atomic E-state index is 1.00. The number of pyridine rings is 1. The van der Waals surface area contributed by atoms with Crippen molar-refractivity contribution in [3.63, 3.8) is 0 Å². The number of benzene rings is 1. The molecule has 1 heterocycles. The molecular weight excluding hydrogens is 194 g/mol. The summed E-state index contributed by atoms with van der Waals surface area (Å²) in [6, 6.07) is 12.4. The first-order valence-electron chi connectivity index (χ1n) is 5.52. The summed E-state index contributed by atoms with van der Waals surface area (Å²) in [4.78, 5) is 4.46. The van der Waals surface area contributed by atoms with Crippen molar-refractivity contribution in [3.8, 4) is 11.3 Å². The molecule has 0 aliphatic carbocycles. The highest BCUT2D eigenvalue weighted by atomic mass is 14.7. The Kier molecular flexibility index (Phi) is 3.16. The second-order valence-corrected chi connectivity index (χ2v) is 3.69. The fourth-order valence-electron chi connectivity index (χ4n) is 1.80. The van der Waals surface area contributed by atoms with Crippen LogP contribution in [0.15, 0.2) is 49.2 Å². The van der Waals surface area contributed by atoms with Crippen LogP contribution in [-0.2, 0) is 6.42 Å². The molecule has 1 aromatic heterocycles. The molecule has 2 aromatic rings. The molecule has 1 nitrogen and oxygen atoms in total. The highest BCUT2D eigenvalue weighted by Crippen LogP contribution is 2.22. The summed E-state index contributed by atoms with van der Waals surface area (Å²) in [7, 11) is 0. The highest BCUT2D eigenvalue weighted by Gasteiger charge is 2.04. The second kappa shape index (κ2) is 4.75. The zero-order valence-electron chi connectivity index (χ0n) is 9.48. The lowest BCUT2D eigenvalue weighted by Crippen LogP contribution is -1.91. The molecule has 0 amide bonds. The minimum absolute atomic E-state index is 1.00. The minimum Gasteiger partial charge on any atom is -0.256 e. The molecule has 0 unspecified atom stereocenters. The van der Waals surface area contributed by atoms with Crippen molar-refractivity contribution in [1.29, 1.82) is 0 Å². The third-order valence-corrected chi connectivity index (χ3v) is 2.67. The Morgan fingerprint density at radius 1 is 1.25 bits per heavy atom. The van der Waals surface area contributed by atoms with Gasteiger partial charge in [-0.15, -0.1) is 0 Å². The van der Waals surface area contributed by atoms with Crippen LogP contribution in [0.4, 0.5) is 0 Å². The summed E-state index contributed by atoms with van der Waals surface area (Å²) in [5, 5.41) is 0. The van der Waals surface area contributed by atoms with Crippen LogP contribution in [-0.4, -0.2) is 4.98 Å². The van der Waals surface area contributed by atoms with Crippen LogP contribution < -0.4 is 0 Å². The van der Waals surface area contributed by atoms with E-state index in [0.717, 1.165) is 23.2 Å². The fourth-order valence-corrected chi connectivity index (χ4v) is 1.80. The van der Waals surface area contributed by atoms with Crippen LogP contribution in [0.25, 0.3) is 17.3 Å². The van der Waals surface area contributed by atoms with E-state index in [1.165, 1.54) is 5.56 Å². The van der Waals surface area contributed by atoms with E-state index in [-0.39, 0.29) is 0 Å². The zero-order valence-corrected chi connectivity index (χ0v) is 9.48. The van der Waals surface area contributed by atoms with Gasteiger partial charge in [0.15, 0.2) is 0 Å². The van der Waals surface area contributed by atoms with E-state index in [4.69, 9.17) is 0 Å². The van der Waals surface area contributed by atoms with Crippen molar-refractivity contribution in [2.24, 2.45) is 0 Å². The van der Waals surface area contributed by atoms with E-state index in [1.807, 2.05) is 30.5 Å². The third kappa shape index (κ3) is 2.03. The quantitative estimate of drug-likeness (QED) is 0.745. The van der Waals surface area contributed by atoms with Gasteiger partial charge >= 0.3 is 0 Å². The lowest BCUT2D eigenvalue weighted by atomic mass is 10.0. The Morgan fingerprint density at radius 3 is 2.88 bits per heavy atom. The van der Waals surface area contributed by atoms with Gasteiger partial charge in [-0.3, -0.25) is 4.98 Å². The molecule has 80 valence electrons. The van der Waals surface area contributed by atoms with Gasteiger partial charge in [-0.2, -0.15) is 0 Å². The van der Waals surface area contributed by atoms with E-state index in [0.29, 0.717) is 0 Å². The van der Waals surface area contributed by atoms with Crippen molar-refractivity contribution in [1.82, 2.24) is 4.98 Å². The molecule has 0 radical (unpaired) electrons. The van der Waals surface area contributed by atoms with Gasteiger partial charge in [0.05, 0.1) is 5.69 Å². The molecule has 2 rings (SSSR count). The summed E-state index contributed by atoms with van der Waals surface area (Å²) in [5.74, 6) is 0. The van der Waals surface area contributed by atoms with E-state index in [1.54, 1.807) is 0 Å². The molecule has 0 spiro atoms. The third-order valence-electron chi connectivity index (χ3n) is 2.67. The van der Waals surface area contributed by atoms with Gasteiger partial charge in [-0.05, 0) is 29.7 Å². The predicted molar refractivity (Wildman–Crippen MR) is 69.1 cm³/mol. The van der Waals surface area contributed by atoms with E-state index in [2.05, 4.69) is 36.7 Å². The number of aromatic nitrogens is 1. The van der Waals surface area contributed by atoms with Crippen molar-refractivity contribution in [2.45, 2.75) is 13.3 Å². The van der Waals surface area contributed by atoms with Crippen LogP contribution in [0.5, 0.6) is 0 Å². The number of nitrogens with zero attached hydrogens (tertiary/aromatic N) is 1. The lowest BCUT2D eigenvalue weighted by Gasteiger charge is -2.07. The average molecular weight is 209 g/mol. The number of rotatable bonds is 3. The predicted octanol–water partition coefficient (Wildman–Crippen LogP) is 3.95. The first-order valence-corrected chi connectivity index (χ1v) is 5.52. The van der Waals surface area contributed by atoms with Crippen molar-refractivity contribution in [2.75, 3.05) is 0 Å². The van der Waals surface area contributed by atoms with Gasteiger partial charge in [0, 0.05) is 11.8 Å². The van der Waals surface area contributed by atoms with Gasteiger partial charge in [-0.25, -0.2) is 0 Å². The van der Waals surface area contributed by atoms with Crippen molar-refractivity contribution in [3.05, 3.63) is 60.3 Å². The van der Waals surface area contributed by atoms with E-state index < -0.39 is 0 Å². The number of hydrogen-bond acceptors (Lipinski definition) is 1. The second-order valence-electron chi connectivity index (χ2n) is 3.69. The number of hydrogen-bond donors (Lipinski definition) is 0. The molecule has 0 N–H and O–H groups in total. The SMILES string of the molecule is C=Cc1cccc(-c2ncccc2CC)c1. The standard InChI is InChI=1S/C15H15N/c1-3-12-7-5-8-14(11-12)15-13(4-2)9-6-10-16-15/h3,5-11H,1,4H2,2H3. The van der Waals surface area contributed by atoms with Crippen molar-refractivity contribution >= 4 is 6.08 Å². The van der Waals surface area contributed by atoms with Gasteiger partial charge in [-0.1, -0.05) is 43.8 Å². The lowest BCUT2D eigenvalue weighted by molar-refractivity contribution is 1.11. The molecule has 0 aliphatic rings. The van der Waals surface area contributed by atoms with Crippen LogP contribution in [0.3, 0.4) is 0 Å². The molecule has 0 saturated carbocycles. The van der Waals surface area contributed by atoms with Gasteiger partial charge in [0.25, 0.3) is 0 Å². The van der Waals surface area contributed by atoms with Crippen LogP contribution in [0.1, 0.15) is 18.1 Å². The van der Waals surface area contributed by atoms with Crippen LogP contribution >= 0.6 is 0 Å². The Balaban J connectivity index is 2.53. The maximum atomic E-state index is 4.46. The molecular formula is C15H15N. The maximum Gasteiger partial charge on any atom is 0.0733 e. The fraction of sp³-hybridized carbons (Fsp3) is 0.133. The van der Waals surface area contributed by atoms with Gasteiger partial charge in [0.2, 0.25) is 0 Å². The van der Waals surface area contributed by atoms with Crippen LogP contribution in [0, 0.1) is 0 Å². The zero-order chi connectivity index (χ0) is 11.4. The van der Waals surface area contributed by atoms with Gasteiger partial charge in [0.1, 0.15) is 0 Å². The Morgan fingerprint density at radius 2 is 2.12 bits per heavy atom. The molecule has 0 saturated heterocycles. The summed E-state index contributed by atoms with van der Waals surface area (Å²) >= 11 is 0. The molecule has 16 heavy (non-hydrogen) atoms. The highest BCUT2D eigenvalue weighted by molar-refractivity contribution is 5.66. The molecule has 0 fully saturated rings. The van der Waals surface area contributed by atoms with Crippen LogP contribution in [0.2, 0.25) is 0 Å². The molecule has 0 atom stereocenters. The molecule has 0 aliphatic heterocycles. The number of aryl methyl sites for hydroxylation is 1. The van der Waals surface area contributed by atoms with Crippen molar-refractivity contribution < 1.29 is 0 Å². The largest absolute Gasteiger partial charge is 0.256 e. The average Bonchev–Trinajstić information content (AvgIpc) is 2.38. The topological polar surface area (TPSA) is 12.9 Å². The monoisotopic (exact) mass is 209 g/mol. The Hall–Kier alpha value is -1.89. The summed E-state index contributed by atoms with van der Waals surface area (Å²) in [6.07, 6.45) is 4.70. The van der Waals surface area contributed by atoms with E-state index in [9.17, 15) is 0 Å². The summed E-state index contributed by atoms with van der Waals surface area (Å²) < 4.78 is 0. The van der Waals surface area contributed by atoms with E-state index >= 15 is 0 Å². The molecule has 1 heteroatoms. The normalized spacial score (nSPS) is 10.1. The molecule has 0 bridgehead atoms. The summed E-state index contributed by atoms with van der Waals surface area (Å²) in [5.41, 5.74) is 4.65. The molecule has 1 aromatic carbocycles. The summed E-state index contributed by atoms with van der Waals surface area (Å²) in [6.45, 7) is 5.94. The maximum absolute atomic E-state index is 4.46. The first-order chi connectivity index (χ1) is 7.85.